The van der Waals surface area contributed by atoms with Gasteiger partial charge in [-0.25, -0.2) is 0 Å². The van der Waals surface area contributed by atoms with Gasteiger partial charge in [-0.3, -0.25) is 14.4 Å². The van der Waals surface area contributed by atoms with Gasteiger partial charge in [0, 0.05) is 24.3 Å². The highest BCUT2D eigenvalue weighted by Gasteiger charge is 2.34. The van der Waals surface area contributed by atoms with Gasteiger partial charge in [0.05, 0.1) is 16.5 Å². The molecule has 11 heteroatoms. The third kappa shape index (κ3) is 5.46. The van der Waals surface area contributed by atoms with Crippen molar-refractivity contribution >= 4 is 40.7 Å². The lowest BCUT2D eigenvalue weighted by Gasteiger charge is -2.17. The van der Waals surface area contributed by atoms with E-state index in [-0.39, 0.29) is 24.6 Å². The molecule has 1 atom stereocenters. The minimum absolute atomic E-state index is 0.0501. The Morgan fingerprint density at radius 1 is 1.19 bits per heavy atom. The van der Waals surface area contributed by atoms with E-state index in [1.165, 1.54) is 23.1 Å². The Labute approximate surface area is 179 Å². The highest BCUT2D eigenvalue weighted by molar-refractivity contribution is 6.31. The van der Waals surface area contributed by atoms with Gasteiger partial charge in [0.15, 0.2) is 6.61 Å². The van der Waals surface area contributed by atoms with Crippen molar-refractivity contribution in [3.05, 3.63) is 53.1 Å². The molecule has 164 valence electrons. The predicted molar refractivity (Wildman–Crippen MR) is 107 cm³/mol. The van der Waals surface area contributed by atoms with Crippen molar-refractivity contribution in [2.24, 2.45) is 11.7 Å². The third-order valence-corrected chi connectivity index (χ3v) is 4.93. The molecule has 0 aromatic heterocycles. The van der Waals surface area contributed by atoms with Crippen LogP contribution in [0.5, 0.6) is 5.75 Å². The Morgan fingerprint density at radius 3 is 2.45 bits per heavy atom. The smallest absolute Gasteiger partial charge is 0.417 e. The molecular weight excluding hydrogens is 439 g/mol. The highest BCUT2D eigenvalue weighted by atomic mass is 35.5. The monoisotopic (exact) mass is 455 g/mol. The Bertz CT molecular complexity index is 1010. The fraction of sp³-hybridized carbons (Fsp3) is 0.250. The number of amides is 3. The fourth-order valence-corrected chi connectivity index (χ4v) is 3.26. The summed E-state index contributed by atoms with van der Waals surface area (Å²) in [4.78, 5) is 36.7. The third-order valence-electron chi connectivity index (χ3n) is 4.60. The second kappa shape index (κ2) is 8.84. The molecule has 0 unspecified atom stereocenters. The maximum Gasteiger partial charge on any atom is 0.417 e. The van der Waals surface area contributed by atoms with Gasteiger partial charge in [0.1, 0.15) is 5.75 Å². The SMILES string of the molecule is NC(=O)[C@@H]1CC(=O)N(c2ccc(OCC(=O)Nc3ccc(Cl)c(C(F)(F)F)c3)cc2)C1. The van der Waals surface area contributed by atoms with E-state index >= 15 is 0 Å². The number of halogens is 4. The van der Waals surface area contributed by atoms with Crippen LogP contribution in [0, 0.1) is 5.92 Å². The minimum Gasteiger partial charge on any atom is -0.484 e. The molecule has 3 rings (SSSR count). The summed E-state index contributed by atoms with van der Waals surface area (Å²) in [6.07, 6.45) is -4.60. The Hall–Kier alpha value is -3.27. The van der Waals surface area contributed by atoms with E-state index in [0.29, 0.717) is 11.4 Å². The lowest BCUT2D eigenvalue weighted by molar-refractivity contribution is -0.137. The molecule has 7 nitrogen and oxygen atoms in total. The molecule has 0 radical (unpaired) electrons. The first-order valence-electron chi connectivity index (χ1n) is 9.03. The molecule has 1 aliphatic rings. The van der Waals surface area contributed by atoms with E-state index in [1.54, 1.807) is 12.1 Å². The van der Waals surface area contributed by atoms with Crippen LogP contribution in [0.3, 0.4) is 0 Å². The molecule has 0 aliphatic carbocycles. The molecule has 1 aliphatic heterocycles. The summed E-state index contributed by atoms with van der Waals surface area (Å²) >= 11 is 5.55. The first kappa shape index (κ1) is 22.4. The number of nitrogens with one attached hydrogen (secondary N) is 1. The summed E-state index contributed by atoms with van der Waals surface area (Å²) in [5.41, 5.74) is 4.66. The molecule has 0 saturated carbocycles. The number of primary amides is 1. The van der Waals surface area contributed by atoms with Crippen molar-refractivity contribution in [2.75, 3.05) is 23.4 Å². The number of nitrogens with two attached hydrogens (primary N) is 1. The molecular formula is C20H17ClF3N3O4. The maximum atomic E-state index is 12.9. The summed E-state index contributed by atoms with van der Waals surface area (Å²) in [6, 6.07) is 9.25. The lowest BCUT2D eigenvalue weighted by Crippen LogP contribution is -2.28. The predicted octanol–water partition coefficient (Wildman–Crippen LogP) is 3.21. The first-order chi connectivity index (χ1) is 14.5. The van der Waals surface area contributed by atoms with Crippen molar-refractivity contribution in [3.8, 4) is 5.75 Å². The Morgan fingerprint density at radius 2 is 1.87 bits per heavy atom. The van der Waals surface area contributed by atoms with E-state index in [4.69, 9.17) is 22.1 Å². The zero-order valence-corrected chi connectivity index (χ0v) is 16.7. The van der Waals surface area contributed by atoms with Crippen molar-refractivity contribution < 1.29 is 32.3 Å². The molecule has 0 spiro atoms. The Kier molecular flexibility index (Phi) is 6.40. The van der Waals surface area contributed by atoms with Crippen molar-refractivity contribution in [2.45, 2.75) is 12.6 Å². The molecule has 0 bridgehead atoms. The van der Waals surface area contributed by atoms with Crippen LogP contribution in [0.15, 0.2) is 42.5 Å². The zero-order valence-electron chi connectivity index (χ0n) is 15.9. The van der Waals surface area contributed by atoms with E-state index in [1.807, 2.05) is 0 Å². The molecule has 1 saturated heterocycles. The number of rotatable bonds is 6. The molecule has 3 N–H and O–H groups in total. The van der Waals surface area contributed by atoms with Gasteiger partial charge in [-0.15, -0.1) is 0 Å². The van der Waals surface area contributed by atoms with Crippen molar-refractivity contribution in [1.82, 2.24) is 0 Å². The number of alkyl halides is 3. The standard InChI is InChI=1S/C20H17ClF3N3O4/c21-16-6-1-12(8-15(16)20(22,23)24)26-17(28)10-31-14-4-2-13(3-5-14)27-9-11(19(25)30)7-18(27)29/h1-6,8,11H,7,9-10H2,(H2,25,30)(H,26,28)/t11-/m1/s1. The van der Waals surface area contributed by atoms with Crippen LogP contribution in [0.2, 0.25) is 5.02 Å². The first-order valence-corrected chi connectivity index (χ1v) is 9.41. The van der Waals surface area contributed by atoms with Crippen LogP contribution in [0.1, 0.15) is 12.0 Å². The summed E-state index contributed by atoms with van der Waals surface area (Å²) in [5, 5.41) is 1.84. The van der Waals surface area contributed by atoms with Crippen LogP contribution in [-0.4, -0.2) is 30.9 Å². The van der Waals surface area contributed by atoms with Gasteiger partial charge in [0.25, 0.3) is 5.91 Å². The number of hydrogen-bond acceptors (Lipinski definition) is 4. The summed E-state index contributed by atoms with van der Waals surface area (Å²) in [5.74, 6) is -1.66. The molecule has 31 heavy (non-hydrogen) atoms. The second-order valence-corrected chi connectivity index (χ2v) is 7.24. The van der Waals surface area contributed by atoms with Gasteiger partial charge in [-0.1, -0.05) is 11.6 Å². The van der Waals surface area contributed by atoms with E-state index < -0.39 is 41.1 Å². The summed E-state index contributed by atoms with van der Waals surface area (Å²) < 4.78 is 44.0. The van der Waals surface area contributed by atoms with Crippen LogP contribution >= 0.6 is 11.6 Å². The molecule has 3 amide bonds. The average molecular weight is 456 g/mol. The number of anilines is 2. The van der Waals surface area contributed by atoms with Gasteiger partial charge in [0.2, 0.25) is 11.8 Å². The maximum absolute atomic E-state index is 12.9. The number of hydrogen-bond donors (Lipinski definition) is 2. The van der Waals surface area contributed by atoms with Gasteiger partial charge in [-0.05, 0) is 42.5 Å². The van der Waals surface area contributed by atoms with Crippen LogP contribution in [0.25, 0.3) is 0 Å². The zero-order chi connectivity index (χ0) is 22.8. The largest absolute Gasteiger partial charge is 0.484 e. The van der Waals surface area contributed by atoms with E-state index in [2.05, 4.69) is 5.32 Å². The lowest BCUT2D eigenvalue weighted by atomic mass is 10.1. The topological polar surface area (TPSA) is 102 Å². The average Bonchev–Trinajstić information content (AvgIpc) is 3.09. The van der Waals surface area contributed by atoms with Crippen LogP contribution in [-0.2, 0) is 20.6 Å². The highest BCUT2D eigenvalue weighted by Crippen LogP contribution is 2.36. The van der Waals surface area contributed by atoms with Crippen LogP contribution < -0.4 is 20.7 Å². The summed E-state index contributed by atoms with van der Waals surface area (Å²) in [7, 11) is 0. The second-order valence-electron chi connectivity index (χ2n) is 6.83. The number of benzene rings is 2. The molecule has 1 heterocycles. The normalized spacial score (nSPS) is 16.3. The molecule has 1 fully saturated rings. The number of carbonyl (C=O) groups excluding carboxylic acids is 3. The van der Waals surface area contributed by atoms with Gasteiger partial charge < -0.3 is 20.7 Å². The molecule has 2 aromatic rings. The Balaban J connectivity index is 1.57. The van der Waals surface area contributed by atoms with Gasteiger partial charge >= 0.3 is 6.18 Å². The number of ether oxygens (including phenoxy) is 1. The number of nitrogens with zero attached hydrogens (tertiary/aromatic N) is 1. The summed E-state index contributed by atoms with van der Waals surface area (Å²) in [6.45, 7) is -0.256. The fourth-order valence-electron chi connectivity index (χ4n) is 3.04. The molecule has 2 aromatic carbocycles. The van der Waals surface area contributed by atoms with E-state index in [9.17, 15) is 27.6 Å². The quantitative estimate of drug-likeness (QED) is 0.698. The minimum atomic E-state index is -4.65. The van der Waals surface area contributed by atoms with E-state index in [0.717, 1.165) is 12.1 Å². The van der Waals surface area contributed by atoms with Crippen molar-refractivity contribution in [1.29, 1.82) is 0 Å². The number of carbonyl (C=O) groups is 3. The van der Waals surface area contributed by atoms with Crippen molar-refractivity contribution in [3.63, 3.8) is 0 Å². The van der Waals surface area contributed by atoms with Gasteiger partial charge in [-0.2, -0.15) is 13.2 Å². The van der Waals surface area contributed by atoms with Crippen LogP contribution in [0.4, 0.5) is 24.5 Å².